The summed E-state index contributed by atoms with van der Waals surface area (Å²) >= 11 is 0. The summed E-state index contributed by atoms with van der Waals surface area (Å²) in [6.45, 7) is 6.58. The van der Waals surface area contributed by atoms with Crippen molar-refractivity contribution in [3.05, 3.63) is 12.4 Å². The van der Waals surface area contributed by atoms with Crippen molar-refractivity contribution >= 4 is 10.0 Å². The summed E-state index contributed by atoms with van der Waals surface area (Å²) in [5, 5.41) is 7.34. The van der Waals surface area contributed by atoms with Gasteiger partial charge in [-0.3, -0.25) is 4.68 Å². The molecule has 0 spiro atoms. The SMILES string of the molecule is CCCNCCn1cc(S(=O)(=O)NC2CC2C)cn1. The maximum absolute atomic E-state index is 12.0. The Bertz CT molecular complexity index is 512. The maximum Gasteiger partial charge on any atom is 0.243 e. The van der Waals surface area contributed by atoms with Crippen molar-refractivity contribution in [2.75, 3.05) is 13.1 Å². The van der Waals surface area contributed by atoms with Gasteiger partial charge in [0, 0.05) is 18.8 Å². The minimum Gasteiger partial charge on any atom is -0.315 e. The molecule has 2 rings (SSSR count). The second-order valence-electron chi connectivity index (χ2n) is 5.13. The van der Waals surface area contributed by atoms with Crippen molar-refractivity contribution < 1.29 is 8.42 Å². The molecule has 2 N–H and O–H groups in total. The average Bonchev–Trinajstić information content (AvgIpc) is 2.86. The van der Waals surface area contributed by atoms with Gasteiger partial charge in [0.15, 0.2) is 0 Å². The van der Waals surface area contributed by atoms with E-state index in [0.29, 0.717) is 12.5 Å². The van der Waals surface area contributed by atoms with Crippen LogP contribution in [-0.2, 0) is 16.6 Å². The topological polar surface area (TPSA) is 76.0 Å². The number of sulfonamides is 1. The van der Waals surface area contributed by atoms with Crippen LogP contribution in [-0.4, -0.2) is 37.3 Å². The molecule has 6 nitrogen and oxygen atoms in total. The van der Waals surface area contributed by atoms with Crippen LogP contribution in [0.15, 0.2) is 17.3 Å². The van der Waals surface area contributed by atoms with Crippen LogP contribution in [0.25, 0.3) is 0 Å². The fourth-order valence-corrected chi connectivity index (χ4v) is 3.16. The Morgan fingerprint density at radius 3 is 2.84 bits per heavy atom. The van der Waals surface area contributed by atoms with Gasteiger partial charge in [-0.2, -0.15) is 5.10 Å². The first-order valence-corrected chi connectivity index (χ1v) is 8.26. The molecule has 2 unspecified atom stereocenters. The molecule has 19 heavy (non-hydrogen) atoms. The largest absolute Gasteiger partial charge is 0.315 e. The molecule has 0 amide bonds. The summed E-state index contributed by atoms with van der Waals surface area (Å²) in [7, 11) is -3.40. The first kappa shape index (κ1) is 14.5. The van der Waals surface area contributed by atoms with Gasteiger partial charge < -0.3 is 5.32 Å². The Morgan fingerprint density at radius 2 is 2.21 bits per heavy atom. The number of hydrogen-bond acceptors (Lipinski definition) is 4. The third-order valence-electron chi connectivity index (χ3n) is 3.28. The predicted molar refractivity (Wildman–Crippen MR) is 73.3 cm³/mol. The molecule has 1 aliphatic carbocycles. The highest BCUT2D eigenvalue weighted by molar-refractivity contribution is 7.89. The van der Waals surface area contributed by atoms with Gasteiger partial charge in [-0.1, -0.05) is 13.8 Å². The third-order valence-corrected chi connectivity index (χ3v) is 4.72. The van der Waals surface area contributed by atoms with Crippen LogP contribution >= 0.6 is 0 Å². The van der Waals surface area contributed by atoms with Gasteiger partial charge in [0.2, 0.25) is 10.0 Å². The van der Waals surface area contributed by atoms with E-state index >= 15 is 0 Å². The molecule has 1 aromatic rings. The number of nitrogens with one attached hydrogen (secondary N) is 2. The van der Waals surface area contributed by atoms with Gasteiger partial charge in [0.1, 0.15) is 4.90 Å². The zero-order chi connectivity index (χ0) is 13.9. The summed E-state index contributed by atoms with van der Waals surface area (Å²) in [5.74, 6) is 0.447. The molecule has 0 bridgehead atoms. The first-order valence-electron chi connectivity index (χ1n) is 6.78. The minimum atomic E-state index is -3.40. The van der Waals surface area contributed by atoms with E-state index in [2.05, 4.69) is 22.1 Å². The van der Waals surface area contributed by atoms with Crippen molar-refractivity contribution in [1.29, 1.82) is 0 Å². The van der Waals surface area contributed by atoms with E-state index in [0.717, 1.165) is 25.9 Å². The Morgan fingerprint density at radius 1 is 1.47 bits per heavy atom. The van der Waals surface area contributed by atoms with Crippen LogP contribution in [0.2, 0.25) is 0 Å². The molecule has 1 fully saturated rings. The lowest BCUT2D eigenvalue weighted by atomic mass is 10.5. The Hall–Kier alpha value is -0.920. The van der Waals surface area contributed by atoms with Gasteiger partial charge in [-0.15, -0.1) is 0 Å². The van der Waals surface area contributed by atoms with Crippen LogP contribution in [0.1, 0.15) is 26.7 Å². The second kappa shape index (κ2) is 6.02. The standard InChI is InChI=1S/C12H22N4O2S/c1-3-4-13-5-6-16-9-11(8-14-16)19(17,18)15-12-7-10(12)2/h8-10,12-13,15H,3-7H2,1-2H3. The van der Waals surface area contributed by atoms with E-state index < -0.39 is 10.0 Å². The van der Waals surface area contributed by atoms with Crippen molar-refractivity contribution in [2.24, 2.45) is 5.92 Å². The lowest BCUT2D eigenvalue weighted by molar-refractivity contribution is 0.551. The van der Waals surface area contributed by atoms with Gasteiger partial charge in [-0.05, 0) is 25.3 Å². The molecule has 1 aliphatic rings. The fraction of sp³-hybridized carbons (Fsp3) is 0.750. The number of rotatable bonds is 8. The third kappa shape index (κ3) is 4.02. The van der Waals surface area contributed by atoms with Crippen LogP contribution < -0.4 is 10.0 Å². The molecular weight excluding hydrogens is 264 g/mol. The monoisotopic (exact) mass is 286 g/mol. The zero-order valence-electron chi connectivity index (χ0n) is 11.5. The van der Waals surface area contributed by atoms with Gasteiger partial charge in [-0.25, -0.2) is 13.1 Å². The van der Waals surface area contributed by atoms with Crippen LogP contribution in [0.5, 0.6) is 0 Å². The Labute approximate surface area is 114 Å². The normalized spacial score (nSPS) is 22.6. The molecule has 1 saturated carbocycles. The predicted octanol–water partition coefficient (Wildman–Crippen LogP) is 0.569. The lowest BCUT2D eigenvalue weighted by Gasteiger charge is -2.03. The molecule has 108 valence electrons. The first-order chi connectivity index (χ1) is 9.03. The van der Waals surface area contributed by atoms with E-state index in [1.165, 1.54) is 6.20 Å². The summed E-state index contributed by atoms with van der Waals surface area (Å²) in [6, 6.07) is 0.0968. The second-order valence-corrected chi connectivity index (χ2v) is 6.84. The van der Waals surface area contributed by atoms with Crippen molar-refractivity contribution in [1.82, 2.24) is 19.8 Å². The highest BCUT2D eigenvalue weighted by Crippen LogP contribution is 2.30. The zero-order valence-corrected chi connectivity index (χ0v) is 12.3. The average molecular weight is 286 g/mol. The molecule has 0 saturated heterocycles. The molecule has 7 heteroatoms. The summed E-state index contributed by atoms with van der Waals surface area (Å²) in [4.78, 5) is 0.252. The van der Waals surface area contributed by atoms with Gasteiger partial charge in [0.25, 0.3) is 0 Å². The van der Waals surface area contributed by atoms with Crippen LogP contribution in [0.4, 0.5) is 0 Å². The van der Waals surface area contributed by atoms with Gasteiger partial charge >= 0.3 is 0 Å². The summed E-state index contributed by atoms with van der Waals surface area (Å²) in [6.07, 6.45) is 5.01. The van der Waals surface area contributed by atoms with Crippen molar-refractivity contribution in [2.45, 2.75) is 44.2 Å². The molecule has 1 heterocycles. The maximum atomic E-state index is 12.0. The summed E-state index contributed by atoms with van der Waals surface area (Å²) < 4.78 is 28.4. The Balaban J connectivity index is 1.88. The van der Waals surface area contributed by atoms with Crippen LogP contribution in [0, 0.1) is 5.92 Å². The molecule has 0 aromatic carbocycles. The molecule has 0 radical (unpaired) electrons. The van der Waals surface area contributed by atoms with E-state index in [9.17, 15) is 8.42 Å². The van der Waals surface area contributed by atoms with E-state index in [1.807, 2.05) is 6.92 Å². The minimum absolute atomic E-state index is 0.0968. The molecule has 2 atom stereocenters. The number of hydrogen-bond donors (Lipinski definition) is 2. The number of nitrogens with zero attached hydrogens (tertiary/aromatic N) is 2. The highest BCUT2D eigenvalue weighted by atomic mass is 32.2. The van der Waals surface area contributed by atoms with E-state index in [-0.39, 0.29) is 10.9 Å². The quantitative estimate of drug-likeness (QED) is 0.685. The van der Waals surface area contributed by atoms with Gasteiger partial charge in [0.05, 0.1) is 12.7 Å². The molecule has 1 aromatic heterocycles. The lowest BCUT2D eigenvalue weighted by Crippen LogP contribution is -2.26. The van der Waals surface area contributed by atoms with E-state index in [1.54, 1.807) is 10.9 Å². The molecular formula is C12H22N4O2S. The fourth-order valence-electron chi connectivity index (χ4n) is 1.85. The number of aromatic nitrogens is 2. The summed E-state index contributed by atoms with van der Waals surface area (Å²) in [5.41, 5.74) is 0. The molecule has 0 aliphatic heterocycles. The Kier molecular flexibility index (Phi) is 4.59. The smallest absolute Gasteiger partial charge is 0.243 e. The van der Waals surface area contributed by atoms with Crippen LogP contribution in [0.3, 0.4) is 0 Å². The van der Waals surface area contributed by atoms with Crippen molar-refractivity contribution in [3.8, 4) is 0 Å². The van der Waals surface area contributed by atoms with E-state index in [4.69, 9.17) is 0 Å². The highest BCUT2D eigenvalue weighted by Gasteiger charge is 2.36. The van der Waals surface area contributed by atoms with Crippen molar-refractivity contribution in [3.63, 3.8) is 0 Å².